The van der Waals surface area contributed by atoms with E-state index in [1.54, 1.807) is 6.20 Å². The molecule has 3 heterocycles. The third-order valence-corrected chi connectivity index (χ3v) is 4.39. The molecule has 1 N–H and O–H groups in total. The molecule has 6 nitrogen and oxygen atoms in total. The third-order valence-electron chi connectivity index (χ3n) is 3.76. The van der Waals surface area contributed by atoms with Crippen molar-refractivity contribution < 1.29 is 4.79 Å². The molecule has 0 spiro atoms. The lowest BCUT2D eigenvalue weighted by Gasteiger charge is -2.16. The maximum Gasteiger partial charge on any atom is 0.259 e. The van der Waals surface area contributed by atoms with Crippen LogP contribution in [0.3, 0.4) is 0 Å². The second kappa shape index (κ2) is 6.23. The lowest BCUT2D eigenvalue weighted by atomic mass is 9.96. The van der Waals surface area contributed by atoms with Gasteiger partial charge in [0.15, 0.2) is 0 Å². The number of aromatic nitrogens is 3. The molecule has 2 aromatic rings. The lowest BCUT2D eigenvalue weighted by molar-refractivity contribution is 0.102. The standard InChI is InChI=1S/C16H21N5OS/c1-16(2,3)14-19-15(23-20-14)18-13(22)11-6-7-12(17-10-11)21-8-4-5-9-21/h6-7,10H,4-5,8-9H2,1-3H3,(H,18,19,20,22). The van der Waals surface area contributed by atoms with Crippen molar-refractivity contribution in [1.82, 2.24) is 14.3 Å². The van der Waals surface area contributed by atoms with Gasteiger partial charge in [-0.1, -0.05) is 20.8 Å². The van der Waals surface area contributed by atoms with E-state index in [0.717, 1.165) is 24.7 Å². The van der Waals surface area contributed by atoms with Crippen molar-refractivity contribution in [1.29, 1.82) is 0 Å². The van der Waals surface area contributed by atoms with Gasteiger partial charge in [0.2, 0.25) is 5.13 Å². The SMILES string of the molecule is CC(C)(C)c1nsc(NC(=O)c2ccc(N3CCCC3)nc2)n1. The Morgan fingerprint density at radius 3 is 2.57 bits per heavy atom. The van der Waals surface area contributed by atoms with Gasteiger partial charge < -0.3 is 4.90 Å². The first kappa shape index (κ1) is 15.9. The highest BCUT2D eigenvalue weighted by molar-refractivity contribution is 7.09. The Labute approximate surface area is 140 Å². The summed E-state index contributed by atoms with van der Waals surface area (Å²) in [4.78, 5) is 23.3. The fraction of sp³-hybridized carbons (Fsp3) is 0.500. The number of anilines is 2. The van der Waals surface area contributed by atoms with Crippen molar-refractivity contribution in [2.75, 3.05) is 23.3 Å². The smallest absolute Gasteiger partial charge is 0.259 e. The minimum atomic E-state index is -0.206. The van der Waals surface area contributed by atoms with Crippen LogP contribution in [0.4, 0.5) is 10.9 Å². The second-order valence-electron chi connectivity index (χ2n) is 6.73. The number of carbonyl (C=O) groups is 1. The van der Waals surface area contributed by atoms with Crippen molar-refractivity contribution in [3.8, 4) is 0 Å². The summed E-state index contributed by atoms with van der Waals surface area (Å²) in [6.45, 7) is 8.21. The van der Waals surface area contributed by atoms with E-state index < -0.39 is 0 Å². The van der Waals surface area contributed by atoms with Crippen LogP contribution < -0.4 is 10.2 Å². The van der Waals surface area contributed by atoms with Crippen LogP contribution >= 0.6 is 11.5 Å². The zero-order valence-electron chi connectivity index (χ0n) is 13.7. The van der Waals surface area contributed by atoms with Crippen molar-refractivity contribution in [3.63, 3.8) is 0 Å². The summed E-state index contributed by atoms with van der Waals surface area (Å²) in [6.07, 6.45) is 4.03. The normalized spacial score (nSPS) is 15.0. The van der Waals surface area contributed by atoms with E-state index in [9.17, 15) is 4.79 Å². The first-order chi connectivity index (χ1) is 10.9. The maximum absolute atomic E-state index is 12.3. The van der Waals surface area contributed by atoms with Crippen LogP contribution in [0.2, 0.25) is 0 Å². The molecule has 3 rings (SSSR count). The van der Waals surface area contributed by atoms with Crippen LogP contribution in [0.25, 0.3) is 0 Å². The number of pyridine rings is 1. The molecule has 0 saturated carbocycles. The molecule has 1 aliphatic heterocycles. The Bertz CT molecular complexity index is 683. The van der Waals surface area contributed by atoms with Crippen LogP contribution in [-0.4, -0.2) is 33.3 Å². The van der Waals surface area contributed by atoms with E-state index in [1.807, 2.05) is 32.9 Å². The monoisotopic (exact) mass is 331 g/mol. The van der Waals surface area contributed by atoms with Gasteiger partial charge in [0.1, 0.15) is 11.6 Å². The molecular weight excluding hydrogens is 310 g/mol. The lowest BCUT2D eigenvalue weighted by Crippen LogP contribution is -2.19. The average molecular weight is 331 g/mol. The van der Waals surface area contributed by atoms with Crippen LogP contribution in [-0.2, 0) is 5.41 Å². The van der Waals surface area contributed by atoms with E-state index in [4.69, 9.17) is 0 Å². The highest BCUT2D eigenvalue weighted by Gasteiger charge is 2.20. The number of nitrogens with one attached hydrogen (secondary N) is 1. The number of amides is 1. The first-order valence-corrected chi connectivity index (χ1v) is 8.57. The minimum absolute atomic E-state index is 0.127. The zero-order valence-corrected chi connectivity index (χ0v) is 14.5. The predicted molar refractivity (Wildman–Crippen MR) is 92.2 cm³/mol. The minimum Gasteiger partial charge on any atom is -0.357 e. The molecule has 1 amide bonds. The van der Waals surface area contributed by atoms with Gasteiger partial charge in [0.25, 0.3) is 5.91 Å². The molecule has 0 aliphatic carbocycles. The van der Waals surface area contributed by atoms with E-state index in [2.05, 4.69) is 24.6 Å². The molecule has 122 valence electrons. The summed E-state index contributed by atoms with van der Waals surface area (Å²) in [5.41, 5.74) is 0.402. The van der Waals surface area contributed by atoms with Gasteiger partial charge in [-0.3, -0.25) is 10.1 Å². The molecule has 2 aromatic heterocycles. The number of hydrogen-bond donors (Lipinski definition) is 1. The summed E-state index contributed by atoms with van der Waals surface area (Å²) in [6, 6.07) is 3.71. The Hall–Kier alpha value is -2.02. The summed E-state index contributed by atoms with van der Waals surface area (Å²) in [5.74, 6) is 1.47. The van der Waals surface area contributed by atoms with E-state index in [-0.39, 0.29) is 11.3 Å². The van der Waals surface area contributed by atoms with Gasteiger partial charge in [0.05, 0.1) is 5.56 Å². The van der Waals surface area contributed by atoms with Crippen LogP contribution in [0.15, 0.2) is 18.3 Å². The first-order valence-electron chi connectivity index (χ1n) is 7.80. The van der Waals surface area contributed by atoms with Gasteiger partial charge in [-0.05, 0) is 25.0 Å². The van der Waals surface area contributed by atoms with Gasteiger partial charge in [-0.25, -0.2) is 9.97 Å². The molecule has 1 saturated heterocycles. The van der Waals surface area contributed by atoms with E-state index in [1.165, 1.54) is 24.4 Å². The van der Waals surface area contributed by atoms with Crippen molar-refractivity contribution in [2.45, 2.75) is 39.0 Å². The molecule has 0 bridgehead atoms. The molecule has 0 aromatic carbocycles. The molecular formula is C16H21N5OS. The molecule has 7 heteroatoms. The predicted octanol–water partition coefficient (Wildman–Crippen LogP) is 3.08. The summed E-state index contributed by atoms with van der Waals surface area (Å²) < 4.78 is 4.29. The fourth-order valence-corrected chi connectivity index (χ4v) is 3.16. The highest BCUT2D eigenvalue weighted by atomic mass is 32.1. The van der Waals surface area contributed by atoms with Crippen LogP contribution in [0.5, 0.6) is 0 Å². The largest absolute Gasteiger partial charge is 0.357 e. The van der Waals surface area contributed by atoms with Gasteiger partial charge in [0, 0.05) is 36.2 Å². The zero-order chi connectivity index (χ0) is 16.4. The molecule has 0 radical (unpaired) electrons. The van der Waals surface area contributed by atoms with Gasteiger partial charge in [-0.2, -0.15) is 4.37 Å². The molecule has 1 fully saturated rings. The van der Waals surface area contributed by atoms with Gasteiger partial charge in [-0.15, -0.1) is 0 Å². The molecule has 0 atom stereocenters. The highest BCUT2D eigenvalue weighted by Crippen LogP contribution is 2.23. The maximum atomic E-state index is 12.3. The topological polar surface area (TPSA) is 71.0 Å². The Balaban J connectivity index is 1.67. The summed E-state index contributed by atoms with van der Waals surface area (Å²) in [5, 5.41) is 3.31. The Morgan fingerprint density at radius 2 is 2.00 bits per heavy atom. The van der Waals surface area contributed by atoms with Crippen LogP contribution in [0.1, 0.15) is 49.8 Å². The quantitative estimate of drug-likeness (QED) is 0.936. The van der Waals surface area contributed by atoms with Crippen molar-refractivity contribution >= 4 is 28.4 Å². The molecule has 23 heavy (non-hydrogen) atoms. The Morgan fingerprint density at radius 1 is 1.26 bits per heavy atom. The fourth-order valence-electron chi connectivity index (χ4n) is 2.40. The van der Waals surface area contributed by atoms with Crippen LogP contribution in [0, 0.1) is 0 Å². The third kappa shape index (κ3) is 3.67. The van der Waals surface area contributed by atoms with Gasteiger partial charge >= 0.3 is 0 Å². The number of hydrogen-bond acceptors (Lipinski definition) is 6. The molecule has 0 unspecified atom stereocenters. The second-order valence-corrected chi connectivity index (χ2v) is 7.48. The number of nitrogens with zero attached hydrogens (tertiary/aromatic N) is 4. The molecule has 1 aliphatic rings. The van der Waals surface area contributed by atoms with Crippen molar-refractivity contribution in [3.05, 3.63) is 29.7 Å². The number of rotatable bonds is 3. The van der Waals surface area contributed by atoms with E-state index >= 15 is 0 Å². The summed E-state index contributed by atoms with van der Waals surface area (Å²) >= 11 is 1.20. The number of carbonyl (C=O) groups excluding carboxylic acids is 1. The van der Waals surface area contributed by atoms with Crippen molar-refractivity contribution in [2.24, 2.45) is 0 Å². The average Bonchev–Trinajstić information content (AvgIpc) is 3.18. The summed E-state index contributed by atoms with van der Waals surface area (Å²) in [7, 11) is 0. The Kier molecular flexibility index (Phi) is 4.30. The van der Waals surface area contributed by atoms with E-state index in [0.29, 0.717) is 10.7 Å².